The molecule has 15 heavy (non-hydrogen) atoms. The Hall–Kier alpha value is -1.33. The second-order valence-corrected chi connectivity index (χ2v) is 3.92. The number of hydrogen-bond acceptors (Lipinski definition) is 2. The summed E-state index contributed by atoms with van der Waals surface area (Å²) in [5.74, 6) is 0.152. The molecule has 0 heterocycles. The molecule has 0 aliphatic carbocycles. The van der Waals surface area contributed by atoms with Crippen molar-refractivity contribution in [2.45, 2.75) is 19.9 Å². The van der Waals surface area contributed by atoms with E-state index in [2.05, 4.69) is 37.1 Å². The molecule has 0 spiro atoms. The van der Waals surface area contributed by atoms with Gasteiger partial charge in [-0.25, -0.2) is 0 Å². The molecule has 0 radical (unpaired) electrons. The van der Waals surface area contributed by atoms with E-state index in [9.17, 15) is 0 Å². The summed E-state index contributed by atoms with van der Waals surface area (Å²) in [5.41, 5.74) is 1.30. The Kier molecular flexibility index (Phi) is 4.86. The first kappa shape index (κ1) is 11.7. The molecule has 0 fully saturated rings. The normalized spacial score (nSPS) is 12.4. The number of hydrogen-bond donors (Lipinski definition) is 0. The van der Waals surface area contributed by atoms with Crippen LogP contribution in [0.15, 0.2) is 30.3 Å². The van der Waals surface area contributed by atoms with E-state index in [1.54, 1.807) is 0 Å². The molecule has 0 amide bonds. The second-order valence-electron chi connectivity index (χ2n) is 3.92. The molecular weight excluding hydrogens is 184 g/mol. The molecule has 2 nitrogen and oxygen atoms in total. The fourth-order valence-corrected chi connectivity index (χ4v) is 1.60. The van der Waals surface area contributed by atoms with Crippen molar-refractivity contribution >= 4 is 0 Å². The SMILES string of the molecule is CCC(C#N)CN(C)Cc1ccccc1. The van der Waals surface area contributed by atoms with Crippen LogP contribution in [0.3, 0.4) is 0 Å². The quantitative estimate of drug-likeness (QED) is 0.734. The molecule has 0 aliphatic heterocycles. The van der Waals surface area contributed by atoms with Crippen molar-refractivity contribution in [3.05, 3.63) is 35.9 Å². The summed E-state index contributed by atoms with van der Waals surface area (Å²) in [7, 11) is 2.06. The number of rotatable bonds is 5. The van der Waals surface area contributed by atoms with Gasteiger partial charge in [-0.15, -0.1) is 0 Å². The van der Waals surface area contributed by atoms with Crippen LogP contribution in [0.4, 0.5) is 0 Å². The van der Waals surface area contributed by atoms with Crippen LogP contribution in [0, 0.1) is 17.2 Å². The summed E-state index contributed by atoms with van der Waals surface area (Å²) >= 11 is 0. The highest BCUT2D eigenvalue weighted by molar-refractivity contribution is 5.14. The van der Waals surface area contributed by atoms with Crippen LogP contribution in [0.2, 0.25) is 0 Å². The molecule has 1 unspecified atom stereocenters. The van der Waals surface area contributed by atoms with Gasteiger partial charge >= 0.3 is 0 Å². The molecule has 1 aromatic carbocycles. The monoisotopic (exact) mass is 202 g/mol. The molecule has 0 saturated heterocycles. The largest absolute Gasteiger partial charge is 0.301 e. The van der Waals surface area contributed by atoms with Crippen molar-refractivity contribution < 1.29 is 0 Å². The Labute approximate surface area is 92.1 Å². The topological polar surface area (TPSA) is 27.0 Å². The Morgan fingerprint density at radius 1 is 1.33 bits per heavy atom. The highest BCUT2D eigenvalue weighted by Gasteiger charge is 2.08. The smallest absolute Gasteiger partial charge is 0.0669 e. The average Bonchev–Trinajstić information content (AvgIpc) is 2.27. The highest BCUT2D eigenvalue weighted by atomic mass is 15.1. The minimum Gasteiger partial charge on any atom is -0.301 e. The van der Waals surface area contributed by atoms with Gasteiger partial charge in [0.05, 0.1) is 12.0 Å². The van der Waals surface area contributed by atoms with Crippen molar-refractivity contribution in [3.63, 3.8) is 0 Å². The Balaban J connectivity index is 2.43. The van der Waals surface area contributed by atoms with Crippen molar-refractivity contribution in [3.8, 4) is 6.07 Å². The molecule has 1 aromatic rings. The van der Waals surface area contributed by atoms with E-state index < -0.39 is 0 Å². The zero-order valence-electron chi connectivity index (χ0n) is 9.48. The summed E-state index contributed by atoms with van der Waals surface area (Å²) in [6.07, 6.45) is 0.926. The molecular formula is C13H18N2. The lowest BCUT2D eigenvalue weighted by molar-refractivity contribution is 0.292. The maximum Gasteiger partial charge on any atom is 0.0669 e. The third kappa shape index (κ3) is 4.14. The minimum atomic E-state index is 0.152. The first-order valence-electron chi connectivity index (χ1n) is 5.38. The maximum absolute atomic E-state index is 8.86. The van der Waals surface area contributed by atoms with Gasteiger partial charge in [0.15, 0.2) is 0 Å². The fourth-order valence-electron chi connectivity index (χ4n) is 1.60. The van der Waals surface area contributed by atoms with Crippen LogP contribution in [0.1, 0.15) is 18.9 Å². The summed E-state index contributed by atoms with van der Waals surface area (Å²) < 4.78 is 0. The molecule has 2 heteroatoms. The van der Waals surface area contributed by atoms with Gasteiger partial charge in [-0.2, -0.15) is 5.26 Å². The summed E-state index contributed by atoms with van der Waals surface area (Å²) in [5, 5.41) is 8.86. The fraction of sp³-hybridized carbons (Fsp3) is 0.462. The Morgan fingerprint density at radius 2 is 2.00 bits per heavy atom. The van der Waals surface area contributed by atoms with E-state index in [1.807, 2.05) is 18.2 Å². The molecule has 0 bridgehead atoms. The zero-order valence-corrected chi connectivity index (χ0v) is 9.48. The second kappa shape index (κ2) is 6.21. The molecule has 0 saturated carbocycles. The van der Waals surface area contributed by atoms with Crippen LogP contribution in [-0.4, -0.2) is 18.5 Å². The first-order chi connectivity index (χ1) is 7.26. The van der Waals surface area contributed by atoms with Crippen molar-refractivity contribution in [2.24, 2.45) is 5.92 Å². The van der Waals surface area contributed by atoms with E-state index in [0.717, 1.165) is 19.5 Å². The lowest BCUT2D eigenvalue weighted by Gasteiger charge is -2.18. The van der Waals surface area contributed by atoms with Crippen LogP contribution >= 0.6 is 0 Å². The van der Waals surface area contributed by atoms with Gasteiger partial charge < -0.3 is 4.90 Å². The average molecular weight is 202 g/mol. The van der Waals surface area contributed by atoms with Gasteiger partial charge in [0.2, 0.25) is 0 Å². The summed E-state index contributed by atoms with van der Waals surface area (Å²) in [6, 6.07) is 12.7. The lowest BCUT2D eigenvalue weighted by Crippen LogP contribution is -2.24. The predicted octanol–water partition coefficient (Wildman–Crippen LogP) is 2.67. The van der Waals surface area contributed by atoms with E-state index >= 15 is 0 Å². The standard InChI is InChI=1S/C13H18N2/c1-3-12(9-14)10-15(2)11-13-7-5-4-6-8-13/h4-8,12H,3,10-11H2,1-2H3. The van der Waals surface area contributed by atoms with Crippen LogP contribution < -0.4 is 0 Å². The summed E-state index contributed by atoms with van der Waals surface area (Å²) in [4.78, 5) is 2.20. The van der Waals surface area contributed by atoms with Crippen LogP contribution in [0.5, 0.6) is 0 Å². The Morgan fingerprint density at radius 3 is 2.53 bits per heavy atom. The van der Waals surface area contributed by atoms with E-state index in [1.165, 1.54) is 5.56 Å². The predicted molar refractivity (Wildman–Crippen MR) is 62.2 cm³/mol. The Bertz CT molecular complexity index is 313. The third-order valence-corrected chi connectivity index (χ3v) is 2.50. The van der Waals surface area contributed by atoms with Gasteiger partial charge in [0, 0.05) is 13.1 Å². The maximum atomic E-state index is 8.86. The van der Waals surface area contributed by atoms with Gasteiger partial charge in [0.25, 0.3) is 0 Å². The van der Waals surface area contributed by atoms with E-state index in [4.69, 9.17) is 5.26 Å². The lowest BCUT2D eigenvalue weighted by atomic mass is 10.1. The van der Waals surface area contributed by atoms with Crippen LogP contribution in [0.25, 0.3) is 0 Å². The molecule has 0 aromatic heterocycles. The molecule has 0 N–H and O–H groups in total. The minimum absolute atomic E-state index is 0.152. The molecule has 1 atom stereocenters. The van der Waals surface area contributed by atoms with Crippen LogP contribution in [-0.2, 0) is 6.54 Å². The van der Waals surface area contributed by atoms with E-state index in [-0.39, 0.29) is 5.92 Å². The number of benzene rings is 1. The van der Waals surface area contributed by atoms with Gasteiger partial charge in [0.1, 0.15) is 0 Å². The molecule has 1 rings (SSSR count). The summed E-state index contributed by atoms with van der Waals surface area (Å²) in [6.45, 7) is 3.82. The van der Waals surface area contributed by atoms with Gasteiger partial charge in [-0.05, 0) is 19.0 Å². The number of nitriles is 1. The van der Waals surface area contributed by atoms with Crippen molar-refractivity contribution in [1.29, 1.82) is 5.26 Å². The van der Waals surface area contributed by atoms with Crippen molar-refractivity contribution in [2.75, 3.05) is 13.6 Å². The van der Waals surface area contributed by atoms with Gasteiger partial charge in [-0.1, -0.05) is 37.3 Å². The van der Waals surface area contributed by atoms with Gasteiger partial charge in [-0.3, -0.25) is 0 Å². The third-order valence-electron chi connectivity index (χ3n) is 2.50. The van der Waals surface area contributed by atoms with E-state index in [0.29, 0.717) is 0 Å². The molecule has 0 aliphatic rings. The zero-order chi connectivity index (χ0) is 11.1. The highest BCUT2D eigenvalue weighted by Crippen LogP contribution is 2.07. The number of nitrogens with zero attached hydrogens (tertiary/aromatic N) is 2. The first-order valence-corrected chi connectivity index (χ1v) is 5.38. The molecule has 80 valence electrons. The van der Waals surface area contributed by atoms with Crippen molar-refractivity contribution in [1.82, 2.24) is 4.90 Å².